The van der Waals surface area contributed by atoms with Crippen LogP contribution in [0.4, 0.5) is 4.79 Å². The van der Waals surface area contributed by atoms with Crippen LogP contribution in [0.3, 0.4) is 0 Å². The van der Waals surface area contributed by atoms with E-state index >= 15 is 0 Å². The van der Waals surface area contributed by atoms with Crippen LogP contribution in [0.5, 0.6) is 0 Å². The molecule has 0 radical (unpaired) electrons. The first-order chi connectivity index (χ1) is 6.90. The van der Waals surface area contributed by atoms with E-state index in [1.54, 1.807) is 20.8 Å². The number of carbonyl (C=O) groups is 2. The maximum atomic E-state index is 11.6. The number of ether oxygens (including phenoxy) is 1. The van der Waals surface area contributed by atoms with Crippen LogP contribution >= 0.6 is 0 Å². The Hall–Kier alpha value is -1.32. The van der Waals surface area contributed by atoms with Gasteiger partial charge in [0.15, 0.2) is 0 Å². The second kappa shape index (κ2) is 4.47. The van der Waals surface area contributed by atoms with E-state index < -0.39 is 11.7 Å². The van der Waals surface area contributed by atoms with Crippen molar-refractivity contribution in [2.24, 2.45) is 0 Å². The normalized spacial score (nSPS) is 17.5. The Labute approximate surface area is 89.9 Å². The van der Waals surface area contributed by atoms with Gasteiger partial charge in [-0.15, -0.1) is 0 Å². The van der Waals surface area contributed by atoms with Crippen molar-refractivity contribution in [1.29, 1.82) is 0 Å². The van der Waals surface area contributed by atoms with Crippen molar-refractivity contribution < 1.29 is 14.3 Å². The van der Waals surface area contributed by atoms with E-state index in [2.05, 4.69) is 0 Å². The van der Waals surface area contributed by atoms with Gasteiger partial charge in [-0.3, -0.25) is 4.79 Å². The molecule has 0 fully saturated rings. The molecule has 0 spiro atoms. The number of hydrogen-bond acceptors (Lipinski definition) is 3. The first-order valence-electron chi connectivity index (χ1n) is 5.08. The van der Waals surface area contributed by atoms with E-state index in [0.29, 0.717) is 19.4 Å². The van der Waals surface area contributed by atoms with Gasteiger partial charge in [0.1, 0.15) is 5.60 Å². The fourth-order valence-corrected chi connectivity index (χ4v) is 1.23. The first-order valence-corrected chi connectivity index (χ1v) is 5.08. The molecule has 2 amide bonds. The fourth-order valence-electron chi connectivity index (χ4n) is 1.23. The van der Waals surface area contributed by atoms with E-state index in [1.165, 1.54) is 0 Å². The summed E-state index contributed by atoms with van der Waals surface area (Å²) in [5.74, 6) is -0.172. The predicted octanol–water partition coefficient (Wildman–Crippen LogP) is 2.10. The van der Waals surface area contributed by atoms with Gasteiger partial charge in [-0.1, -0.05) is 12.2 Å². The summed E-state index contributed by atoms with van der Waals surface area (Å²) in [6.45, 7) is 5.66. The summed E-state index contributed by atoms with van der Waals surface area (Å²) in [6, 6.07) is 0. The lowest BCUT2D eigenvalue weighted by Crippen LogP contribution is -2.40. The van der Waals surface area contributed by atoms with Crippen LogP contribution in [0.25, 0.3) is 0 Å². The van der Waals surface area contributed by atoms with Crippen LogP contribution in [0.2, 0.25) is 0 Å². The largest absolute Gasteiger partial charge is 0.443 e. The van der Waals surface area contributed by atoms with Crippen LogP contribution in [0, 0.1) is 0 Å². The summed E-state index contributed by atoms with van der Waals surface area (Å²) in [4.78, 5) is 24.3. The minimum atomic E-state index is -0.562. The number of nitrogens with zero attached hydrogens (tertiary/aromatic N) is 1. The number of rotatable bonds is 0. The smallest absolute Gasteiger partial charge is 0.417 e. The molecule has 0 saturated heterocycles. The molecule has 1 heterocycles. The van der Waals surface area contributed by atoms with E-state index in [4.69, 9.17) is 4.74 Å². The van der Waals surface area contributed by atoms with Crippen molar-refractivity contribution in [3.63, 3.8) is 0 Å². The molecule has 0 N–H and O–H groups in total. The maximum absolute atomic E-state index is 11.6. The molecule has 0 aliphatic carbocycles. The highest BCUT2D eigenvalue weighted by Crippen LogP contribution is 2.12. The molecule has 0 aromatic rings. The molecule has 1 rings (SSSR count). The van der Waals surface area contributed by atoms with Gasteiger partial charge >= 0.3 is 6.09 Å². The monoisotopic (exact) mass is 211 g/mol. The highest BCUT2D eigenvalue weighted by atomic mass is 16.6. The molecule has 4 nitrogen and oxygen atoms in total. The van der Waals surface area contributed by atoms with Crippen molar-refractivity contribution >= 4 is 12.0 Å². The van der Waals surface area contributed by atoms with Gasteiger partial charge in [-0.05, 0) is 27.2 Å². The second-order valence-corrected chi connectivity index (χ2v) is 4.49. The molecule has 0 saturated carbocycles. The van der Waals surface area contributed by atoms with Gasteiger partial charge in [-0.25, -0.2) is 9.69 Å². The third kappa shape index (κ3) is 3.73. The minimum absolute atomic E-state index is 0.172. The lowest BCUT2D eigenvalue weighted by Gasteiger charge is -2.24. The summed E-state index contributed by atoms with van der Waals surface area (Å²) in [7, 11) is 0. The molecular formula is C11H17NO3. The van der Waals surface area contributed by atoms with Crippen LogP contribution in [-0.2, 0) is 9.53 Å². The molecule has 1 aliphatic heterocycles. The van der Waals surface area contributed by atoms with Crippen molar-refractivity contribution in [2.75, 3.05) is 6.54 Å². The molecule has 0 atom stereocenters. The molecule has 84 valence electrons. The van der Waals surface area contributed by atoms with Crippen molar-refractivity contribution in [2.45, 2.75) is 39.2 Å². The average molecular weight is 211 g/mol. The molecule has 4 heteroatoms. The van der Waals surface area contributed by atoms with E-state index in [-0.39, 0.29) is 5.91 Å². The SMILES string of the molecule is CC(C)(C)OC(=O)N1CC=CCCC1=O. The highest BCUT2D eigenvalue weighted by Gasteiger charge is 2.26. The van der Waals surface area contributed by atoms with Crippen LogP contribution < -0.4 is 0 Å². The summed E-state index contributed by atoms with van der Waals surface area (Å²) in [5, 5.41) is 0. The Balaban J connectivity index is 2.65. The molecule has 0 unspecified atom stereocenters. The topological polar surface area (TPSA) is 46.6 Å². The summed E-state index contributed by atoms with van der Waals surface area (Å²) >= 11 is 0. The summed E-state index contributed by atoms with van der Waals surface area (Å²) in [5.41, 5.74) is -0.562. The van der Waals surface area contributed by atoms with Gasteiger partial charge in [-0.2, -0.15) is 0 Å². The Morgan fingerprint density at radius 2 is 2.07 bits per heavy atom. The van der Waals surface area contributed by atoms with Gasteiger partial charge in [0.25, 0.3) is 0 Å². The number of carbonyl (C=O) groups excluding carboxylic acids is 2. The van der Waals surface area contributed by atoms with Gasteiger partial charge in [0.2, 0.25) is 5.91 Å². The third-order valence-electron chi connectivity index (χ3n) is 1.89. The van der Waals surface area contributed by atoms with Crippen LogP contribution in [-0.4, -0.2) is 29.0 Å². The molecule has 0 aromatic carbocycles. The van der Waals surface area contributed by atoms with Crippen molar-refractivity contribution in [3.05, 3.63) is 12.2 Å². The average Bonchev–Trinajstić information content (AvgIpc) is 2.26. The van der Waals surface area contributed by atoms with Crippen LogP contribution in [0.15, 0.2) is 12.2 Å². The Bertz CT molecular complexity index is 289. The quantitative estimate of drug-likeness (QED) is 0.576. The van der Waals surface area contributed by atoms with E-state index in [9.17, 15) is 9.59 Å². The van der Waals surface area contributed by atoms with Gasteiger partial charge in [0.05, 0.1) is 6.54 Å². The van der Waals surface area contributed by atoms with E-state index in [0.717, 1.165) is 4.90 Å². The molecular weight excluding hydrogens is 194 g/mol. The number of imide groups is 1. The Morgan fingerprint density at radius 3 is 2.67 bits per heavy atom. The molecule has 1 aliphatic rings. The van der Waals surface area contributed by atoms with Crippen LogP contribution in [0.1, 0.15) is 33.6 Å². The zero-order valence-electron chi connectivity index (χ0n) is 9.45. The second-order valence-electron chi connectivity index (χ2n) is 4.49. The lowest BCUT2D eigenvalue weighted by molar-refractivity contribution is -0.129. The third-order valence-corrected chi connectivity index (χ3v) is 1.89. The number of hydrogen-bond donors (Lipinski definition) is 0. The molecule has 15 heavy (non-hydrogen) atoms. The van der Waals surface area contributed by atoms with Gasteiger partial charge in [0, 0.05) is 6.42 Å². The van der Waals surface area contributed by atoms with Crippen molar-refractivity contribution in [3.8, 4) is 0 Å². The standard InChI is InChI=1S/C11H17NO3/c1-11(2,3)15-10(14)12-8-6-4-5-7-9(12)13/h4,6H,5,7-8H2,1-3H3. The minimum Gasteiger partial charge on any atom is -0.443 e. The van der Waals surface area contributed by atoms with Gasteiger partial charge < -0.3 is 4.74 Å². The highest BCUT2D eigenvalue weighted by molar-refractivity contribution is 5.92. The van der Waals surface area contributed by atoms with Crippen molar-refractivity contribution in [1.82, 2.24) is 4.90 Å². The predicted molar refractivity (Wildman–Crippen MR) is 56.3 cm³/mol. The zero-order valence-corrected chi connectivity index (χ0v) is 9.45. The maximum Gasteiger partial charge on any atom is 0.417 e. The molecule has 0 bridgehead atoms. The zero-order chi connectivity index (χ0) is 11.5. The van der Waals surface area contributed by atoms with E-state index in [1.807, 2.05) is 12.2 Å². The number of amides is 2. The Kier molecular flexibility index (Phi) is 3.50. The molecule has 0 aromatic heterocycles. The summed E-state index contributed by atoms with van der Waals surface area (Å²) < 4.78 is 5.14. The Morgan fingerprint density at radius 1 is 1.40 bits per heavy atom. The number of allylic oxidation sites excluding steroid dienone is 1. The first kappa shape index (κ1) is 11.8. The summed E-state index contributed by atoms with van der Waals surface area (Å²) in [6.07, 6.45) is 4.23. The fraction of sp³-hybridized carbons (Fsp3) is 0.636. The lowest BCUT2D eigenvalue weighted by atomic mass is 10.2.